The van der Waals surface area contributed by atoms with Crippen molar-refractivity contribution in [3.8, 4) is 0 Å². The van der Waals surface area contributed by atoms with Crippen molar-refractivity contribution in [2.75, 3.05) is 0 Å². The summed E-state index contributed by atoms with van der Waals surface area (Å²) in [6.45, 7) is -0.0831. The first-order valence-electron chi connectivity index (χ1n) is 2.60. The third-order valence-electron chi connectivity index (χ3n) is 1.02. The topological polar surface area (TPSA) is 42.2 Å². The van der Waals surface area contributed by atoms with Crippen LogP contribution in [0.1, 0.15) is 0 Å². The maximum Gasteiger partial charge on any atom is 0.181 e. The van der Waals surface area contributed by atoms with Crippen molar-refractivity contribution in [2.24, 2.45) is 0 Å². The van der Waals surface area contributed by atoms with Gasteiger partial charge in [0.2, 0.25) is 0 Å². The van der Waals surface area contributed by atoms with Crippen LogP contribution >= 0.6 is 0 Å². The summed E-state index contributed by atoms with van der Waals surface area (Å²) >= 11 is 0. The van der Waals surface area contributed by atoms with Gasteiger partial charge in [0.1, 0.15) is 6.73 Å². The van der Waals surface area contributed by atoms with Crippen LogP contribution in [0.15, 0.2) is 29.3 Å². The first-order valence-corrected chi connectivity index (χ1v) is 2.60. The zero-order valence-electron chi connectivity index (χ0n) is 4.82. The van der Waals surface area contributed by atoms with Gasteiger partial charge in [-0.15, -0.1) is 0 Å². The van der Waals surface area contributed by atoms with Gasteiger partial charge in [-0.3, -0.25) is 4.79 Å². The minimum absolute atomic E-state index is 0.0419. The SMILES string of the molecule is O=c1ccn(CO)cc1. The Hall–Kier alpha value is -1.09. The molecule has 1 rings (SSSR count). The Morgan fingerprint density at radius 2 is 2.00 bits per heavy atom. The second-order valence-electron chi connectivity index (χ2n) is 1.69. The molecular weight excluding hydrogens is 118 g/mol. The van der Waals surface area contributed by atoms with Crippen molar-refractivity contribution in [1.29, 1.82) is 0 Å². The summed E-state index contributed by atoms with van der Waals surface area (Å²) in [4.78, 5) is 10.4. The van der Waals surface area contributed by atoms with Gasteiger partial charge in [-0.2, -0.15) is 0 Å². The highest BCUT2D eigenvalue weighted by molar-refractivity contribution is 4.92. The number of hydrogen-bond acceptors (Lipinski definition) is 2. The number of aliphatic hydroxyl groups excluding tert-OH is 1. The largest absolute Gasteiger partial charge is 0.376 e. The van der Waals surface area contributed by atoms with Crippen LogP contribution in [-0.4, -0.2) is 9.67 Å². The average Bonchev–Trinajstić information content (AvgIpc) is 1.90. The summed E-state index contributed by atoms with van der Waals surface area (Å²) in [6.07, 6.45) is 3.06. The molecule has 48 valence electrons. The lowest BCUT2D eigenvalue weighted by Crippen LogP contribution is -2.02. The maximum atomic E-state index is 10.4. The van der Waals surface area contributed by atoms with Gasteiger partial charge in [0.15, 0.2) is 5.43 Å². The Morgan fingerprint density at radius 3 is 2.44 bits per heavy atom. The normalized spacial score (nSPS) is 9.44. The summed E-state index contributed by atoms with van der Waals surface area (Å²) in [6, 6.07) is 2.80. The molecule has 0 spiro atoms. The molecular formula is C6H7NO2. The third-order valence-corrected chi connectivity index (χ3v) is 1.02. The molecule has 1 heterocycles. The lowest BCUT2D eigenvalue weighted by atomic mass is 10.5. The van der Waals surface area contributed by atoms with E-state index in [1.54, 1.807) is 0 Å². The Labute approximate surface area is 52.2 Å². The number of nitrogens with zero attached hydrogens (tertiary/aromatic N) is 1. The van der Waals surface area contributed by atoms with Gasteiger partial charge in [-0.1, -0.05) is 0 Å². The van der Waals surface area contributed by atoms with Crippen molar-refractivity contribution in [3.05, 3.63) is 34.7 Å². The first-order chi connectivity index (χ1) is 4.33. The highest BCUT2D eigenvalue weighted by Gasteiger charge is 1.81. The summed E-state index contributed by atoms with van der Waals surface area (Å²) in [5.41, 5.74) is -0.0419. The zero-order chi connectivity index (χ0) is 6.69. The highest BCUT2D eigenvalue weighted by atomic mass is 16.3. The molecule has 0 aliphatic heterocycles. The van der Waals surface area contributed by atoms with Gasteiger partial charge in [0, 0.05) is 24.5 Å². The number of pyridine rings is 1. The van der Waals surface area contributed by atoms with Gasteiger partial charge in [0.25, 0.3) is 0 Å². The van der Waals surface area contributed by atoms with Gasteiger partial charge < -0.3 is 9.67 Å². The second-order valence-corrected chi connectivity index (χ2v) is 1.69. The Morgan fingerprint density at radius 1 is 1.44 bits per heavy atom. The number of aliphatic hydroxyl groups is 1. The van der Waals surface area contributed by atoms with Crippen LogP contribution in [0.2, 0.25) is 0 Å². The van der Waals surface area contributed by atoms with E-state index in [4.69, 9.17) is 5.11 Å². The van der Waals surface area contributed by atoms with Crippen LogP contribution in [0.5, 0.6) is 0 Å². The zero-order valence-corrected chi connectivity index (χ0v) is 4.82. The molecule has 0 radical (unpaired) electrons. The maximum absolute atomic E-state index is 10.4. The van der Waals surface area contributed by atoms with Gasteiger partial charge in [0.05, 0.1) is 0 Å². The Bertz CT molecular complexity index is 221. The van der Waals surface area contributed by atoms with E-state index in [1.807, 2.05) is 0 Å². The number of rotatable bonds is 1. The molecule has 0 aliphatic carbocycles. The van der Waals surface area contributed by atoms with Crippen LogP contribution in [-0.2, 0) is 6.73 Å². The summed E-state index contributed by atoms with van der Waals surface area (Å²) in [7, 11) is 0. The van der Waals surface area contributed by atoms with Gasteiger partial charge in [-0.25, -0.2) is 0 Å². The summed E-state index contributed by atoms with van der Waals surface area (Å²) < 4.78 is 1.50. The predicted molar refractivity (Wildman–Crippen MR) is 32.9 cm³/mol. The van der Waals surface area contributed by atoms with Gasteiger partial charge >= 0.3 is 0 Å². The number of aromatic nitrogens is 1. The minimum Gasteiger partial charge on any atom is -0.376 e. The van der Waals surface area contributed by atoms with E-state index >= 15 is 0 Å². The van der Waals surface area contributed by atoms with Gasteiger partial charge in [-0.05, 0) is 0 Å². The molecule has 1 N–H and O–H groups in total. The van der Waals surface area contributed by atoms with E-state index in [-0.39, 0.29) is 12.2 Å². The molecule has 0 saturated heterocycles. The highest BCUT2D eigenvalue weighted by Crippen LogP contribution is 1.78. The molecule has 0 atom stereocenters. The molecule has 3 heteroatoms. The molecule has 0 fully saturated rings. The van der Waals surface area contributed by atoms with Crippen molar-refractivity contribution < 1.29 is 5.11 Å². The fourth-order valence-electron chi connectivity index (χ4n) is 0.538. The van der Waals surface area contributed by atoms with Crippen molar-refractivity contribution in [3.63, 3.8) is 0 Å². The molecule has 0 unspecified atom stereocenters. The van der Waals surface area contributed by atoms with Crippen LogP contribution in [0.3, 0.4) is 0 Å². The quantitative estimate of drug-likeness (QED) is 0.564. The molecule has 0 amide bonds. The first kappa shape index (κ1) is 6.04. The lowest BCUT2D eigenvalue weighted by molar-refractivity contribution is 0.209. The average molecular weight is 125 g/mol. The lowest BCUT2D eigenvalue weighted by Gasteiger charge is -1.96. The summed E-state index contributed by atoms with van der Waals surface area (Å²) in [5.74, 6) is 0. The molecule has 0 saturated carbocycles. The van der Waals surface area contributed by atoms with Crippen molar-refractivity contribution >= 4 is 0 Å². The Kier molecular flexibility index (Phi) is 1.65. The van der Waals surface area contributed by atoms with Crippen molar-refractivity contribution in [2.45, 2.75) is 6.73 Å². The van der Waals surface area contributed by atoms with E-state index in [0.717, 1.165) is 0 Å². The van der Waals surface area contributed by atoms with Crippen LogP contribution in [0, 0.1) is 0 Å². The van der Waals surface area contributed by atoms with Crippen molar-refractivity contribution in [1.82, 2.24) is 4.57 Å². The van der Waals surface area contributed by atoms with Crippen LogP contribution in [0.25, 0.3) is 0 Å². The van der Waals surface area contributed by atoms with Crippen LogP contribution in [0.4, 0.5) is 0 Å². The molecule has 0 bridgehead atoms. The minimum atomic E-state index is -0.0831. The molecule has 0 aromatic carbocycles. The summed E-state index contributed by atoms with van der Waals surface area (Å²) in [5, 5.41) is 8.49. The molecule has 3 nitrogen and oxygen atoms in total. The second kappa shape index (κ2) is 2.46. The predicted octanol–water partition coefficient (Wildman–Crippen LogP) is -0.202. The fraction of sp³-hybridized carbons (Fsp3) is 0.167. The van der Waals surface area contributed by atoms with Crippen LogP contribution < -0.4 is 5.43 Å². The monoisotopic (exact) mass is 125 g/mol. The molecule has 1 aromatic rings. The Balaban J connectivity index is 3.02. The number of hydrogen-bond donors (Lipinski definition) is 1. The van der Waals surface area contributed by atoms with E-state index < -0.39 is 0 Å². The van der Waals surface area contributed by atoms with E-state index in [1.165, 1.54) is 29.1 Å². The molecule has 9 heavy (non-hydrogen) atoms. The van der Waals surface area contributed by atoms with E-state index in [2.05, 4.69) is 0 Å². The standard InChI is InChI=1S/C6H7NO2/c8-5-7-3-1-6(9)2-4-7/h1-4,8H,5H2. The fourth-order valence-corrected chi connectivity index (χ4v) is 0.538. The molecule has 1 aromatic heterocycles. The molecule has 0 aliphatic rings. The third kappa shape index (κ3) is 1.40. The smallest absolute Gasteiger partial charge is 0.181 e. The van der Waals surface area contributed by atoms with E-state index in [9.17, 15) is 4.79 Å². The van der Waals surface area contributed by atoms with E-state index in [0.29, 0.717) is 0 Å².